The Kier molecular flexibility index (Phi) is 7.57. The first-order valence-electron chi connectivity index (χ1n) is 12.1. The van der Waals surface area contributed by atoms with E-state index in [4.69, 9.17) is 9.47 Å². The summed E-state index contributed by atoms with van der Waals surface area (Å²) in [5, 5.41) is 3.43. The molecule has 5 rings (SSSR count). The molecule has 0 aliphatic carbocycles. The molecule has 2 aliphatic heterocycles. The number of thioether (sulfide) groups is 1. The average Bonchev–Trinajstić information content (AvgIpc) is 3.60. The van der Waals surface area contributed by atoms with Gasteiger partial charge in [0.15, 0.2) is 0 Å². The molecule has 2 aliphatic rings. The maximum atomic E-state index is 13.0. The first-order valence-corrected chi connectivity index (χ1v) is 12.9. The van der Waals surface area contributed by atoms with E-state index in [1.165, 1.54) is 24.3 Å². The zero-order chi connectivity index (χ0) is 25.8. The number of halogens is 1. The molecule has 2 saturated heterocycles. The van der Waals surface area contributed by atoms with Crippen molar-refractivity contribution >= 4 is 45.8 Å². The van der Waals surface area contributed by atoms with Gasteiger partial charge in [-0.05, 0) is 61.0 Å². The Morgan fingerprint density at radius 1 is 1.19 bits per heavy atom. The lowest BCUT2D eigenvalue weighted by Crippen LogP contribution is -2.34. The summed E-state index contributed by atoms with van der Waals surface area (Å²) in [7, 11) is 0. The van der Waals surface area contributed by atoms with E-state index in [1.54, 1.807) is 6.08 Å². The largest absolute Gasteiger partial charge is 0.492 e. The highest BCUT2D eigenvalue weighted by Gasteiger charge is 2.35. The lowest BCUT2D eigenvalue weighted by molar-refractivity contribution is -0.123. The van der Waals surface area contributed by atoms with E-state index < -0.39 is 5.91 Å². The first kappa shape index (κ1) is 25.0. The summed E-state index contributed by atoms with van der Waals surface area (Å²) in [5.74, 6) is -0.436. The van der Waals surface area contributed by atoms with Crippen LogP contribution < -0.4 is 10.1 Å². The zero-order valence-corrected chi connectivity index (χ0v) is 20.8. The van der Waals surface area contributed by atoms with Crippen LogP contribution in [0, 0.1) is 5.82 Å². The number of ether oxygens (including phenoxy) is 2. The third kappa shape index (κ3) is 5.86. The number of imide groups is 1. The number of nitrogens with zero attached hydrogens (tertiary/aromatic N) is 2. The normalized spacial score (nSPS) is 18.8. The van der Waals surface area contributed by atoms with Crippen LogP contribution in [0.15, 0.2) is 59.6 Å². The van der Waals surface area contributed by atoms with Gasteiger partial charge in [0, 0.05) is 35.8 Å². The Morgan fingerprint density at radius 3 is 2.78 bits per heavy atom. The number of nitrogens with one attached hydrogen (secondary N) is 1. The van der Waals surface area contributed by atoms with Crippen molar-refractivity contribution in [3.05, 3.63) is 71.0 Å². The molecule has 0 radical (unpaired) electrons. The molecule has 0 saturated carbocycles. The predicted octanol–water partition coefficient (Wildman–Crippen LogP) is 4.19. The molecule has 1 aromatic heterocycles. The lowest BCUT2D eigenvalue weighted by Gasteiger charge is -2.13. The van der Waals surface area contributed by atoms with Crippen LogP contribution >= 0.6 is 11.8 Å². The van der Waals surface area contributed by atoms with Crippen LogP contribution in [0.3, 0.4) is 0 Å². The minimum absolute atomic E-state index is 0.0672. The molecular weight excluding hydrogens is 497 g/mol. The first-order chi connectivity index (χ1) is 18.0. The van der Waals surface area contributed by atoms with Crippen LogP contribution in [0.1, 0.15) is 18.4 Å². The minimum atomic E-state index is -0.399. The number of hydrogen-bond donors (Lipinski definition) is 1. The standard InChI is InChI=1S/C27H26FN3O5S/c28-19-7-9-20(10-8-19)36-13-11-31-26(33)24(37-27(31)34)14-18-16-30(23-6-2-1-5-22(18)23)17-25(32)29-15-21-4-3-12-35-21/h1-2,5-10,14,16,21H,3-4,11-13,15,17H2,(H,29,32)/b24-14-/t21-/m1/s1. The van der Waals surface area contributed by atoms with E-state index >= 15 is 0 Å². The summed E-state index contributed by atoms with van der Waals surface area (Å²) >= 11 is 0.870. The average molecular weight is 524 g/mol. The van der Waals surface area contributed by atoms with Crippen molar-refractivity contribution in [1.29, 1.82) is 0 Å². The second kappa shape index (κ2) is 11.2. The van der Waals surface area contributed by atoms with Gasteiger partial charge in [0.25, 0.3) is 11.1 Å². The molecule has 3 amide bonds. The van der Waals surface area contributed by atoms with Gasteiger partial charge in [-0.2, -0.15) is 0 Å². The second-order valence-electron chi connectivity index (χ2n) is 8.80. The third-order valence-electron chi connectivity index (χ3n) is 6.24. The fraction of sp³-hybridized carbons (Fsp3) is 0.296. The van der Waals surface area contributed by atoms with Crippen molar-refractivity contribution in [3.63, 3.8) is 0 Å². The lowest BCUT2D eigenvalue weighted by atomic mass is 10.1. The van der Waals surface area contributed by atoms with E-state index in [9.17, 15) is 18.8 Å². The van der Waals surface area contributed by atoms with Crippen LogP contribution in [0.5, 0.6) is 5.75 Å². The van der Waals surface area contributed by atoms with Crippen molar-refractivity contribution in [2.75, 3.05) is 26.3 Å². The molecule has 0 spiro atoms. The number of rotatable bonds is 9. The van der Waals surface area contributed by atoms with Crippen LogP contribution in [0.4, 0.5) is 9.18 Å². The zero-order valence-electron chi connectivity index (χ0n) is 20.0. The summed E-state index contributed by atoms with van der Waals surface area (Å²) in [6.07, 6.45) is 5.54. The van der Waals surface area contributed by atoms with Crippen LogP contribution in [0.25, 0.3) is 17.0 Å². The highest BCUT2D eigenvalue weighted by Crippen LogP contribution is 2.34. The second-order valence-corrected chi connectivity index (χ2v) is 9.80. The van der Waals surface area contributed by atoms with Gasteiger partial charge in [0.2, 0.25) is 5.91 Å². The molecule has 8 nitrogen and oxygen atoms in total. The van der Waals surface area contributed by atoms with Gasteiger partial charge in [0.05, 0.1) is 17.6 Å². The quantitative estimate of drug-likeness (QED) is 0.423. The maximum absolute atomic E-state index is 13.0. The van der Waals surface area contributed by atoms with Crippen LogP contribution in [-0.4, -0.2) is 58.9 Å². The van der Waals surface area contributed by atoms with Gasteiger partial charge >= 0.3 is 0 Å². The molecule has 1 N–H and O–H groups in total. The van der Waals surface area contributed by atoms with Gasteiger partial charge in [-0.15, -0.1) is 0 Å². The monoisotopic (exact) mass is 523 g/mol. The number of aromatic nitrogens is 1. The van der Waals surface area contributed by atoms with E-state index in [0.29, 0.717) is 17.2 Å². The Bertz CT molecular complexity index is 1350. The molecule has 192 valence electrons. The van der Waals surface area contributed by atoms with Gasteiger partial charge in [-0.1, -0.05) is 18.2 Å². The molecule has 3 heterocycles. The fourth-order valence-corrected chi connectivity index (χ4v) is 5.24. The molecule has 2 aromatic carbocycles. The summed E-state index contributed by atoms with van der Waals surface area (Å²) < 4.78 is 26.0. The Morgan fingerprint density at radius 2 is 2.00 bits per heavy atom. The Labute approximate surface area is 217 Å². The van der Waals surface area contributed by atoms with E-state index in [0.717, 1.165) is 52.6 Å². The van der Waals surface area contributed by atoms with E-state index in [-0.39, 0.29) is 42.8 Å². The number of benzene rings is 2. The van der Waals surface area contributed by atoms with E-state index in [1.807, 2.05) is 35.0 Å². The van der Waals surface area contributed by atoms with Crippen molar-refractivity contribution in [1.82, 2.24) is 14.8 Å². The molecule has 37 heavy (non-hydrogen) atoms. The summed E-state index contributed by atoms with van der Waals surface area (Å²) in [6.45, 7) is 1.52. The SMILES string of the molecule is O=C(Cn1cc(/C=C2\SC(=O)N(CCOc3ccc(F)cc3)C2=O)c2ccccc21)NC[C@H]1CCCO1. The number of carbonyl (C=O) groups is 3. The molecule has 10 heteroatoms. The van der Waals surface area contributed by atoms with Gasteiger partial charge in [-0.25, -0.2) is 4.39 Å². The molecule has 2 fully saturated rings. The Hall–Kier alpha value is -3.63. The smallest absolute Gasteiger partial charge is 0.293 e. The summed E-state index contributed by atoms with van der Waals surface area (Å²) in [6, 6.07) is 13.1. The van der Waals surface area contributed by atoms with Crippen LogP contribution in [0.2, 0.25) is 0 Å². The van der Waals surface area contributed by atoms with Crippen molar-refractivity contribution < 1.29 is 28.2 Å². The number of hydrogen-bond acceptors (Lipinski definition) is 6. The van der Waals surface area contributed by atoms with Gasteiger partial charge in [-0.3, -0.25) is 19.3 Å². The van der Waals surface area contributed by atoms with Crippen molar-refractivity contribution in [2.24, 2.45) is 0 Å². The highest BCUT2D eigenvalue weighted by molar-refractivity contribution is 8.18. The fourth-order valence-electron chi connectivity index (χ4n) is 4.38. The van der Waals surface area contributed by atoms with Gasteiger partial charge in [0.1, 0.15) is 24.7 Å². The maximum Gasteiger partial charge on any atom is 0.293 e. The molecule has 3 aromatic rings. The molecular formula is C27H26FN3O5S. The molecule has 1 atom stereocenters. The van der Waals surface area contributed by atoms with Crippen LogP contribution in [-0.2, 0) is 20.9 Å². The Balaban J connectivity index is 1.26. The number of para-hydroxylation sites is 1. The number of amides is 3. The molecule has 0 unspecified atom stereocenters. The van der Waals surface area contributed by atoms with E-state index in [2.05, 4.69) is 5.32 Å². The number of fused-ring (bicyclic) bond motifs is 1. The molecule has 0 bridgehead atoms. The highest BCUT2D eigenvalue weighted by atomic mass is 32.2. The topological polar surface area (TPSA) is 89.9 Å². The summed E-state index contributed by atoms with van der Waals surface area (Å²) in [4.78, 5) is 39.5. The minimum Gasteiger partial charge on any atom is -0.492 e. The predicted molar refractivity (Wildman–Crippen MR) is 138 cm³/mol. The van der Waals surface area contributed by atoms with Gasteiger partial charge < -0.3 is 19.4 Å². The van der Waals surface area contributed by atoms with Crippen molar-refractivity contribution in [3.8, 4) is 5.75 Å². The third-order valence-corrected chi connectivity index (χ3v) is 7.15. The van der Waals surface area contributed by atoms with Crippen molar-refractivity contribution in [2.45, 2.75) is 25.5 Å². The number of carbonyl (C=O) groups excluding carboxylic acids is 3. The summed E-state index contributed by atoms with van der Waals surface area (Å²) in [5.41, 5.74) is 1.60.